The molecule has 0 heterocycles. The van der Waals surface area contributed by atoms with Gasteiger partial charge in [-0.2, -0.15) is 0 Å². The van der Waals surface area contributed by atoms with E-state index in [1.54, 1.807) is 18.2 Å². The molecule has 2 aromatic carbocycles. The van der Waals surface area contributed by atoms with Gasteiger partial charge in [-0.3, -0.25) is 0 Å². The normalized spacial score (nSPS) is 12.2. The van der Waals surface area contributed by atoms with E-state index < -0.39 is 0 Å². The lowest BCUT2D eigenvalue weighted by atomic mass is 10.1. The molecule has 0 radical (unpaired) electrons. The fourth-order valence-electron chi connectivity index (χ4n) is 1.94. The van der Waals surface area contributed by atoms with Gasteiger partial charge in [-0.1, -0.05) is 53.5 Å². The molecule has 0 saturated carbocycles. The van der Waals surface area contributed by atoms with Crippen molar-refractivity contribution in [2.75, 3.05) is 5.88 Å². The van der Waals surface area contributed by atoms with E-state index in [4.69, 9.17) is 39.5 Å². The SMILES string of the molecule is ClCCCC(Oc1cc(Cl)ccc1Cl)c1ccccc1. The fourth-order valence-corrected chi connectivity index (χ4v) is 2.42. The van der Waals surface area contributed by atoms with Crippen LogP contribution in [0.15, 0.2) is 48.5 Å². The van der Waals surface area contributed by atoms with Crippen LogP contribution in [0.25, 0.3) is 0 Å². The number of hydrogen-bond acceptors (Lipinski definition) is 1. The minimum absolute atomic E-state index is 0.0779. The lowest BCUT2D eigenvalue weighted by Crippen LogP contribution is -2.08. The summed E-state index contributed by atoms with van der Waals surface area (Å²) in [5.41, 5.74) is 1.11. The molecule has 0 aliphatic heterocycles. The highest BCUT2D eigenvalue weighted by Gasteiger charge is 2.15. The number of ether oxygens (including phenoxy) is 1. The van der Waals surface area contributed by atoms with E-state index in [9.17, 15) is 0 Å². The van der Waals surface area contributed by atoms with Crippen LogP contribution in [-0.4, -0.2) is 5.88 Å². The Labute approximate surface area is 134 Å². The molecule has 4 heteroatoms. The van der Waals surface area contributed by atoms with Crippen molar-refractivity contribution >= 4 is 34.8 Å². The molecular formula is C16H15Cl3O. The monoisotopic (exact) mass is 328 g/mol. The van der Waals surface area contributed by atoms with Gasteiger partial charge in [0, 0.05) is 17.0 Å². The second-order valence-electron chi connectivity index (χ2n) is 4.42. The molecule has 0 amide bonds. The smallest absolute Gasteiger partial charge is 0.140 e. The number of halogens is 3. The van der Waals surface area contributed by atoms with Crippen LogP contribution in [0.5, 0.6) is 5.75 Å². The van der Waals surface area contributed by atoms with Crippen molar-refractivity contribution in [3.05, 3.63) is 64.1 Å². The Kier molecular flexibility index (Phi) is 6.03. The standard InChI is InChI=1S/C16H15Cl3O/c17-10-4-7-15(12-5-2-1-3-6-12)20-16-11-13(18)8-9-14(16)19/h1-3,5-6,8-9,11,15H,4,7,10H2. The average Bonchev–Trinajstić information content (AvgIpc) is 2.48. The highest BCUT2D eigenvalue weighted by atomic mass is 35.5. The van der Waals surface area contributed by atoms with E-state index in [-0.39, 0.29) is 6.10 Å². The van der Waals surface area contributed by atoms with Gasteiger partial charge in [-0.25, -0.2) is 0 Å². The van der Waals surface area contributed by atoms with Crippen molar-refractivity contribution < 1.29 is 4.74 Å². The van der Waals surface area contributed by atoms with Gasteiger partial charge in [0.1, 0.15) is 11.9 Å². The summed E-state index contributed by atoms with van der Waals surface area (Å²) in [4.78, 5) is 0. The zero-order chi connectivity index (χ0) is 14.4. The first-order chi connectivity index (χ1) is 9.70. The van der Waals surface area contributed by atoms with Gasteiger partial charge in [0.25, 0.3) is 0 Å². The average molecular weight is 330 g/mol. The molecule has 1 unspecified atom stereocenters. The Morgan fingerprint density at radius 3 is 2.45 bits per heavy atom. The van der Waals surface area contributed by atoms with Crippen molar-refractivity contribution in [1.29, 1.82) is 0 Å². The molecule has 2 aromatic rings. The van der Waals surface area contributed by atoms with Crippen LogP contribution in [0, 0.1) is 0 Å². The van der Waals surface area contributed by atoms with E-state index in [0.717, 1.165) is 18.4 Å². The Morgan fingerprint density at radius 1 is 1.00 bits per heavy atom. The van der Waals surface area contributed by atoms with Crippen molar-refractivity contribution in [2.45, 2.75) is 18.9 Å². The molecule has 0 spiro atoms. The van der Waals surface area contributed by atoms with Crippen molar-refractivity contribution in [2.24, 2.45) is 0 Å². The lowest BCUT2D eigenvalue weighted by Gasteiger charge is -2.20. The van der Waals surface area contributed by atoms with Crippen LogP contribution in [0.4, 0.5) is 0 Å². The van der Waals surface area contributed by atoms with Crippen molar-refractivity contribution in [3.8, 4) is 5.75 Å². The largest absolute Gasteiger partial charge is 0.484 e. The predicted molar refractivity (Wildman–Crippen MR) is 86.2 cm³/mol. The van der Waals surface area contributed by atoms with Crippen molar-refractivity contribution in [1.82, 2.24) is 0 Å². The fraction of sp³-hybridized carbons (Fsp3) is 0.250. The molecule has 0 aromatic heterocycles. The van der Waals surface area contributed by atoms with Gasteiger partial charge < -0.3 is 4.74 Å². The molecule has 0 fully saturated rings. The Hall–Kier alpha value is -0.890. The van der Waals surface area contributed by atoms with Crippen LogP contribution in [0.2, 0.25) is 10.0 Å². The molecular weight excluding hydrogens is 315 g/mol. The molecule has 2 rings (SSSR count). The van der Waals surface area contributed by atoms with Crippen molar-refractivity contribution in [3.63, 3.8) is 0 Å². The summed E-state index contributed by atoms with van der Waals surface area (Å²) in [6.07, 6.45) is 1.63. The molecule has 0 saturated heterocycles. The van der Waals surface area contributed by atoms with Gasteiger partial charge in [0.15, 0.2) is 0 Å². The third-order valence-corrected chi connectivity index (χ3v) is 3.75. The zero-order valence-corrected chi connectivity index (χ0v) is 13.1. The number of alkyl halides is 1. The third-order valence-electron chi connectivity index (χ3n) is 2.93. The number of rotatable bonds is 6. The maximum atomic E-state index is 6.15. The summed E-state index contributed by atoms with van der Waals surface area (Å²) in [6, 6.07) is 15.3. The number of benzene rings is 2. The topological polar surface area (TPSA) is 9.23 Å². The minimum Gasteiger partial charge on any atom is -0.484 e. The Bertz CT molecular complexity index is 543. The molecule has 0 aliphatic rings. The molecule has 0 aliphatic carbocycles. The van der Waals surface area contributed by atoms with E-state index >= 15 is 0 Å². The van der Waals surface area contributed by atoms with Crippen LogP contribution in [0.3, 0.4) is 0 Å². The second-order valence-corrected chi connectivity index (χ2v) is 5.64. The highest BCUT2D eigenvalue weighted by Crippen LogP contribution is 2.33. The maximum Gasteiger partial charge on any atom is 0.140 e. The van der Waals surface area contributed by atoms with E-state index in [1.807, 2.05) is 30.3 Å². The van der Waals surface area contributed by atoms with Crippen LogP contribution in [0.1, 0.15) is 24.5 Å². The van der Waals surface area contributed by atoms with Gasteiger partial charge in [0.05, 0.1) is 5.02 Å². The first kappa shape index (κ1) is 15.5. The lowest BCUT2D eigenvalue weighted by molar-refractivity contribution is 0.194. The van der Waals surface area contributed by atoms with Crippen LogP contribution < -0.4 is 4.74 Å². The summed E-state index contributed by atoms with van der Waals surface area (Å²) < 4.78 is 6.04. The summed E-state index contributed by atoms with van der Waals surface area (Å²) in [5.74, 6) is 1.21. The minimum atomic E-state index is -0.0779. The van der Waals surface area contributed by atoms with E-state index in [1.165, 1.54) is 0 Å². The van der Waals surface area contributed by atoms with Crippen LogP contribution >= 0.6 is 34.8 Å². The summed E-state index contributed by atoms with van der Waals surface area (Å²) in [6.45, 7) is 0. The summed E-state index contributed by atoms with van der Waals surface area (Å²) in [5, 5.41) is 1.16. The molecule has 0 N–H and O–H groups in total. The molecule has 1 atom stereocenters. The quantitative estimate of drug-likeness (QED) is 0.579. The van der Waals surface area contributed by atoms with Gasteiger partial charge in [0.2, 0.25) is 0 Å². The van der Waals surface area contributed by atoms with Crippen LogP contribution in [-0.2, 0) is 0 Å². The second kappa shape index (κ2) is 7.78. The molecule has 0 bridgehead atoms. The van der Waals surface area contributed by atoms with E-state index in [2.05, 4.69) is 0 Å². The number of hydrogen-bond donors (Lipinski definition) is 0. The third kappa shape index (κ3) is 4.31. The first-order valence-electron chi connectivity index (χ1n) is 6.43. The van der Waals surface area contributed by atoms with Gasteiger partial charge in [-0.05, 0) is 30.5 Å². The Morgan fingerprint density at radius 2 is 1.75 bits per heavy atom. The summed E-state index contributed by atoms with van der Waals surface area (Å²) >= 11 is 17.9. The molecule has 106 valence electrons. The zero-order valence-electron chi connectivity index (χ0n) is 10.9. The van der Waals surface area contributed by atoms with Gasteiger partial charge >= 0.3 is 0 Å². The maximum absolute atomic E-state index is 6.15. The van der Waals surface area contributed by atoms with E-state index in [0.29, 0.717) is 21.7 Å². The molecule has 20 heavy (non-hydrogen) atoms. The molecule has 1 nitrogen and oxygen atoms in total. The summed E-state index contributed by atoms with van der Waals surface area (Å²) in [7, 11) is 0. The van der Waals surface area contributed by atoms with Gasteiger partial charge in [-0.15, -0.1) is 11.6 Å². The first-order valence-corrected chi connectivity index (χ1v) is 7.72. The Balaban J connectivity index is 2.21. The highest BCUT2D eigenvalue weighted by molar-refractivity contribution is 6.34. The predicted octanol–water partition coefficient (Wildman–Crippen LogP) is 6.13.